The highest BCUT2D eigenvalue weighted by molar-refractivity contribution is 8.00. The second kappa shape index (κ2) is 7.96. The van der Waals surface area contributed by atoms with E-state index in [0.29, 0.717) is 23.7 Å². The maximum atomic E-state index is 12.4. The number of rotatable bonds is 5. The molecule has 1 atom stereocenters. The lowest BCUT2D eigenvalue weighted by molar-refractivity contribution is -0.117. The summed E-state index contributed by atoms with van der Waals surface area (Å²) in [4.78, 5) is 11.5. The monoisotopic (exact) mass is 395 g/mol. The third-order valence-electron chi connectivity index (χ3n) is 3.77. The van der Waals surface area contributed by atoms with Crippen LogP contribution in [0.5, 0.6) is 17.2 Å². The normalized spacial score (nSPS) is 16.0. The van der Waals surface area contributed by atoms with E-state index < -0.39 is 5.51 Å². The molecule has 0 aromatic heterocycles. The van der Waals surface area contributed by atoms with Crippen LogP contribution in [0.3, 0.4) is 0 Å². The van der Waals surface area contributed by atoms with Crippen molar-refractivity contribution in [3.63, 3.8) is 0 Å². The Bertz CT molecular complexity index is 837. The van der Waals surface area contributed by atoms with Crippen molar-refractivity contribution in [1.29, 1.82) is 0 Å². The van der Waals surface area contributed by atoms with Crippen molar-refractivity contribution in [3.8, 4) is 17.2 Å². The van der Waals surface area contributed by atoms with Crippen LogP contribution in [-0.2, 0) is 11.2 Å². The summed E-state index contributed by atoms with van der Waals surface area (Å²) in [6.07, 6.45) is 1.78. The van der Waals surface area contributed by atoms with Crippen LogP contribution in [0.1, 0.15) is 5.56 Å². The SMILES string of the molecule is C=CC(=O)NC1COc2c(cccc2Oc2ccc(SC(F)(F)F)cc2)C1. The van der Waals surface area contributed by atoms with Crippen molar-refractivity contribution in [2.45, 2.75) is 22.9 Å². The number of alkyl halides is 3. The largest absolute Gasteiger partial charge is 0.487 e. The van der Waals surface area contributed by atoms with Crippen LogP contribution >= 0.6 is 11.8 Å². The van der Waals surface area contributed by atoms with Crippen molar-refractivity contribution in [3.05, 3.63) is 60.7 Å². The fraction of sp³-hybridized carbons (Fsp3) is 0.211. The summed E-state index contributed by atoms with van der Waals surface area (Å²) in [5, 5.41) is 2.79. The maximum absolute atomic E-state index is 12.4. The molecule has 0 radical (unpaired) electrons. The number of hydrogen-bond acceptors (Lipinski definition) is 4. The van der Waals surface area contributed by atoms with Gasteiger partial charge < -0.3 is 14.8 Å². The molecule has 0 fully saturated rings. The second-order valence-corrected chi connectivity index (χ2v) is 6.93. The van der Waals surface area contributed by atoms with Crippen molar-refractivity contribution in [2.75, 3.05) is 6.61 Å². The second-order valence-electron chi connectivity index (χ2n) is 5.79. The van der Waals surface area contributed by atoms with E-state index in [4.69, 9.17) is 9.47 Å². The van der Waals surface area contributed by atoms with Gasteiger partial charge in [0.2, 0.25) is 5.91 Å². The first-order valence-electron chi connectivity index (χ1n) is 8.05. The zero-order valence-corrected chi connectivity index (χ0v) is 14.9. The standard InChI is InChI=1S/C19H16F3NO3S/c1-2-17(24)23-13-10-12-4-3-5-16(18(12)25-11-13)26-14-6-8-15(9-7-14)27-19(20,21)22/h2-9,13H,1,10-11H2,(H,23,24). The van der Waals surface area contributed by atoms with Gasteiger partial charge in [-0.25, -0.2) is 0 Å². The van der Waals surface area contributed by atoms with Gasteiger partial charge in [0.15, 0.2) is 11.5 Å². The Morgan fingerprint density at radius 1 is 1.26 bits per heavy atom. The highest BCUT2D eigenvalue weighted by Gasteiger charge is 2.29. The highest BCUT2D eigenvalue weighted by Crippen LogP contribution is 2.40. The molecule has 1 aliphatic rings. The Kier molecular flexibility index (Phi) is 5.65. The van der Waals surface area contributed by atoms with Gasteiger partial charge in [0.25, 0.3) is 0 Å². The van der Waals surface area contributed by atoms with Crippen molar-refractivity contribution < 1.29 is 27.4 Å². The van der Waals surface area contributed by atoms with E-state index in [1.165, 1.54) is 30.3 Å². The minimum absolute atomic E-state index is 0.0852. The molecule has 0 spiro atoms. The summed E-state index contributed by atoms with van der Waals surface area (Å²) in [6.45, 7) is 3.71. The van der Waals surface area contributed by atoms with E-state index in [2.05, 4.69) is 11.9 Å². The first kappa shape index (κ1) is 19.2. The maximum Gasteiger partial charge on any atom is 0.446 e. The molecule has 27 heavy (non-hydrogen) atoms. The quantitative estimate of drug-likeness (QED) is 0.589. The molecule has 2 aromatic rings. The molecule has 8 heteroatoms. The topological polar surface area (TPSA) is 47.6 Å². The Morgan fingerprint density at radius 2 is 2.00 bits per heavy atom. The molecule has 1 heterocycles. The highest BCUT2D eigenvalue weighted by atomic mass is 32.2. The first-order valence-corrected chi connectivity index (χ1v) is 8.87. The molecule has 0 aliphatic carbocycles. The smallest absolute Gasteiger partial charge is 0.446 e. The molecule has 3 rings (SSSR count). The number of nitrogens with one attached hydrogen (secondary N) is 1. The first-order chi connectivity index (χ1) is 12.8. The molecule has 142 valence electrons. The summed E-state index contributed by atoms with van der Waals surface area (Å²) in [6, 6.07) is 10.9. The van der Waals surface area contributed by atoms with Crippen molar-refractivity contribution >= 4 is 17.7 Å². The number of hydrogen-bond donors (Lipinski definition) is 1. The average molecular weight is 395 g/mol. The van der Waals surface area contributed by atoms with Gasteiger partial charge in [-0.3, -0.25) is 4.79 Å². The summed E-state index contributed by atoms with van der Waals surface area (Å²) in [5.41, 5.74) is -3.45. The van der Waals surface area contributed by atoms with Gasteiger partial charge in [-0.1, -0.05) is 18.7 Å². The number of amides is 1. The van der Waals surface area contributed by atoms with Crippen LogP contribution in [0.2, 0.25) is 0 Å². The summed E-state index contributed by atoms with van der Waals surface area (Å²) in [5.74, 6) is 1.17. The molecule has 0 bridgehead atoms. The number of para-hydroxylation sites is 1. The molecule has 1 aliphatic heterocycles. The minimum atomic E-state index is -4.33. The minimum Gasteiger partial charge on any atom is -0.487 e. The van der Waals surface area contributed by atoms with E-state index in [9.17, 15) is 18.0 Å². The van der Waals surface area contributed by atoms with Crippen LogP contribution < -0.4 is 14.8 Å². The van der Waals surface area contributed by atoms with Crippen LogP contribution in [0.25, 0.3) is 0 Å². The number of carbonyl (C=O) groups is 1. The van der Waals surface area contributed by atoms with Crippen LogP contribution in [0.15, 0.2) is 60.0 Å². The van der Waals surface area contributed by atoms with E-state index >= 15 is 0 Å². The van der Waals surface area contributed by atoms with Gasteiger partial charge in [0.05, 0.1) is 6.04 Å². The van der Waals surface area contributed by atoms with Crippen LogP contribution in [0.4, 0.5) is 13.2 Å². The Hall–Kier alpha value is -2.61. The molecule has 0 saturated carbocycles. The third kappa shape index (κ3) is 5.19. The molecule has 1 unspecified atom stereocenters. The summed E-state index contributed by atoms with van der Waals surface area (Å²) >= 11 is -0.176. The van der Waals surface area contributed by atoms with Gasteiger partial charge >= 0.3 is 5.51 Å². The molecule has 0 saturated heterocycles. The Morgan fingerprint density at radius 3 is 2.67 bits per heavy atom. The molecule has 1 amide bonds. The molecule has 4 nitrogen and oxygen atoms in total. The van der Waals surface area contributed by atoms with Crippen molar-refractivity contribution in [2.24, 2.45) is 0 Å². The lowest BCUT2D eigenvalue weighted by Gasteiger charge is -2.27. The Balaban J connectivity index is 1.71. The van der Waals surface area contributed by atoms with Gasteiger partial charge in [-0.2, -0.15) is 13.2 Å². The summed E-state index contributed by atoms with van der Waals surface area (Å²) < 4.78 is 48.7. The summed E-state index contributed by atoms with van der Waals surface area (Å²) in [7, 11) is 0. The van der Waals surface area contributed by atoms with Crippen LogP contribution in [-0.4, -0.2) is 24.1 Å². The number of ether oxygens (including phenoxy) is 2. The predicted octanol–water partition coefficient (Wildman–Crippen LogP) is 4.70. The lowest BCUT2D eigenvalue weighted by Crippen LogP contribution is -2.42. The van der Waals surface area contributed by atoms with Crippen molar-refractivity contribution in [1.82, 2.24) is 5.32 Å². The molecule has 1 N–H and O–H groups in total. The third-order valence-corrected chi connectivity index (χ3v) is 4.51. The predicted molar refractivity (Wildman–Crippen MR) is 96.2 cm³/mol. The number of benzene rings is 2. The van der Waals surface area contributed by atoms with E-state index in [-0.39, 0.29) is 35.2 Å². The van der Waals surface area contributed by atoms with Gasteiger partial charge in [-0.15, -0.1) is 0 Å². The fourth-order valence-electron chi connectivity index (χ4n) is 2.66. The molecule has 2 aromatic carbocycles. The number of halogens is 3. The van der Waals surface area contributed by atoms with E-state index in [1.807, 2.05) is 6.07 Å². The number of fused-ring (bicyclic) bond motifs is 1. The molecular weight excluding hydrogens is 379 g/mol. The molecular formula is C19H16F3NO3S. The average Bonchev–Trinajstić information content (AvgIpc) is 2.62. The lowest BCUT2D eigenvalue weighted by atomic mass is 10.0. The van der Waals surface area contributed by atoms with Gasteiger partial charge in [0, 0.05) is 10.5 Å². The fourth-order valence-corrected chi connectivity index (χ4v) is 3.20. The van der Waals surface area contributed by atoms with Gasteiger partial charge in [-0.05, 0) is 54.6 Å². The zero-order valence-electron chi connectivity index (χ0n) is 14.1. The van der Waals surface area contributed by atoms with Gasteiger partial charge in [0.1, 0.15) is 12.4 Å². The van der Waals surface area contributed by atoms with E-state index in [1.54, 1.807) is 12.1 Å². The zero-order chi connectivity index (χ0) is 19.4. The Labute approximate surface area is 158 Å². The van der Waals surface area contributed by atoms with E-state index in [0.717, 1.165) is 5.56 Å². The number of carbonyl (C=O) groups excluding carboxylic acids is 1. The number of thioether (sulfide) groups is 1. The van der Waals surface area contributed by atoms with Crippen LogP contribution in [0, 0.1) is 0 Å².